The first-order valence-corrected chi connectivity index (χ1v) is 4.17. The lowest BCUT2D eigenvalue weighted by atomic mass is 10.6. The normalized spacial score (nSPS) is 8.83. The lowest BCUT2D eigenvalue weighted by Crippen LogP contribution is -2.30. The Balaban J connectivity index is 3.40. The van der Waals surface area contributed by atoms with Crippen LogP contribution >= 0.6 is 12.2 Å². The molecule has 0 radical (unpaired) electrons. The van der Waals surface area contributed by atoms with Crippen LogP contribution in [0.3, 0.4) is 0 Å². The van der Waals surface area contributed by atoms with Gasteiger partial charge in [-0.2, -0.15) is 0 Å². The van der Waals surface area contributed by atoms with E-state index in [1.165, 1.54) is 0 Å². The number of ether oxygens (including phenoxy) is 2. The molecule has 4 nitrogen and oxygen atoms in total. The minimum atomic E-state index is -0.334. The van der Waals surface area contributed by atoms with E-state index in [1.54, 1.807) is 6.92 Å². The maximum atomic E-state index is 10.8. The van der Waals surface area contributed by atoms with Crippen LogP contribution in [0.5, 0.6) is 0 Å². The molecule has 70 valence electrons. The van der Waals surface area contributed by atoms with Crippen molar-refractivity contribution >= 4 is 23.4 Å². The van der Waals surface area contributed by atoms with Crippen LogP contribution in [0.25, 0.3) is 0 Å². The van der Waals surface area contributed by atoms with Crippen molar-refractivity contribution in [1.82, 2.24) is 5.32 Å². The molecule has 1 N–H and O–H groups in total. The summed E-state index contributed by atoms with van der Waals surface area (Å²) in [5.41, 5.74) is 0. The third-order valence-corrected chi connectivity index (χ3v) is 1.22. The maximum absolute atomic E-state index is 10.8. The van der Waals surface area contributed by atoms with Gasteiger partial charge < -0.3 is 14.8 Å². The Labute approximate surface area is 77.2 Å². The zero-order valence-corrected chi connectivity index (χ0v) is 8.07. The first-order chi connectivity index (χ1) is 5.70. The predicted molar refractivity (Wildman–Crippen MR) is 48.9 cm³/mol. The smallest absolute Gasteiger partial charge is 0.325 e. The lowest BCUT2D eigenvalue weighted by Gasteiger charge is -2.06. The average molecular weight is 191 g/mol. The number of esters is 1. The van der Waals surface area contributed by atoms with Crippen LogP contribution in [0.15, 0.2) is 0 Å². The Bertz CT molecular complexity index is 143. The number of hydrogen-bond donors (Lipinski definition) is 1. The molecule has 0 fully saturated rings. The maximum Gasteiger partial charge on any atom is 0.325 e. The second-order valence-corrected chi connectivity index (χ2v) is 2.25. The minimum absolute atomic E-state index is 0.0622. The van der Waals surface area contributed by atoms with E-state index in [0.29, 0.717) is 13.2 Å². The summed E-state index contributed by atoms with van der Waals surface area (Å²) in [5, 5.41) is 2.83. The Kier molecular flexibility index (Phi) is 6.37. The van der Waals surface area contributed by atoms with Crippen molar-refractivity contribution < 1.29 is 14.3 Å². The monoisotopic (exact) mass is 191 g/mol. The molecule has 0 bridgehead atoms. The van der Waals surface area contributed by atoms with Crippen LogP contribution in [0.4, 0.5) is 0 Å². The fraction of sp³-hybridized carbons (Fsp3) is 0.714. The van der Waals surface area contributed by atoms with E-state index in [2.05, 4.69) is 10.1 Å². The van der Waals surface area contributed by atoms with Crippen LogP contribution in [-0.4, -0.2) is 30.9 Å². The van der Waals surface area contributed by atoms with E-state index in [0.717, 1.165) is 0 Å². The molecule has 0 heterocycles. The molecule has 0 unspecified atom stereocenters. The van der Waals surface area contributed by atoms with Crippen molar-refractivity contribution in [2.75, 3.05) is 19.8 Å². The number of thiocarbonyl (C=S) groups is 1. The van der Waals surface area contributed by atoms with E-state index in [4.69, 9.17) is 17.0 Å². The van der Waals surface area contributed by atoms with Gasteiger partial charge in [0.25, 0.3) is 5.17 Å². The molecular formula is C7H13NO3S. The topological polar surface area (TPSA) is 47.6 Å². The molecule has 0 amide bonds. The molecule has 0 aliphatic rings. The summed E-state index contributed by atoms with van der Waals surface area (Å²) in [4.78, 5) is 10.8. The van der Waals surface area contributed by atoms with E-state index in [9.17, 15) is 4.79 Å². The highest BCUT2D eigenvalue weighted by Gasteiger charge is 2.01. The number of hydrogen-bond acceptors (Lipinski definition) is 4. The van der Waals surface area contributed by atoms with Gasteiger partial charge >= 0.3 is 5.97 Å². The molecule has 0 aromatic rings. The van der Waals surface area contributed by atoms with E-state index < -0.39 is 0 Å². The van der Waals surface area contributed by atoms with Gasteiger partial charge in [0, 0.05) is 0 Å². The van der Waals surface area contributed by atoms with Crippen LogP contribution in [0.1, 0.15) is 13.8 Å². The van der Waals surface area contributed by atoms with Crippen molar-refractivity contribution in [3.05, 3.63) is 0 Å². The SMILES string of the molecule is CCOC(=O)CNC(=S)OCC. The molecule has 0 aromatic heterocycles. The highest BCUT2D eigenvalue weighted by Crippen LogP contribution is 1.79. The van der Waals surface area contributed by atoms with E-state index >= 15 is 0 Å². The van der Waals surface area contributed by atoms with Gasteiger partial charge in [0.2, 0.25) is 0 Å². The number of rotatable bonds is 4. The van der Waals surface area contributed by atoms with Gasteiger partial charge in [-0.1, -0.05) is 0 Å². The molecule has 0 saturated heterocycles. The van der Waals surface area contributed by atoms with Gasteiger partial charge in [-0.3, -0.25) is 4.79 Å². The second-order valence-electron chi connectivity index (χ2n) is 1.88. The third-order valence-electron chi connectivity index (χ3n) is 0.958. The summed E-state index contributed by atoms with van der Waals surface area (Å²) < 4.78 is 9.54. The minimum Gasteiger partial charge on any atom is -0.471 e. The predicted octanol–water partition coefficient (Wildman–Crippen LogP) is 0.460. The fourth-order valence-corrected chi connectivity index (χ4v) is 0.729. The standard InChI is InChI=1S/C7H13NO3S/c1-3-10-6(9)5-8-7(12)11-4-2/h3-5H2,1-2H3,(H,8,12). The van der Waals surface area contributed by atoms with Crippen molar-refractivity contribution in [3.63, 3.8) is 0 Å². The zero-order chi connectivity index (χ0) is 9.40. The largest absolute Gasteiger partial charge is 0.471 e. The Morgan fingerprint density at radius 2 is 1.92 bits per heavy atom. The van der Waals surface area contributed by atoms with Gasteiger partial charge in [0.05, 0.1) is 13.2 Å². The molecule has 0 saturated carbocycles. The molecule has 0 aliphatic carbocycles. The van der Waals surface area contributed by atoms with Crippen LogP contribution in [0, 0.1) is 0 Å². The van der Waals surface area contributed by atoms with Gasteiger partial charge in [-0.05, 0) is 26.1 Å². The molecule has 0 spiro atoms. The molecule has 0 aliphatic heterocycles. The van der Waals surface area contributed by atoms with Crippen molar-refractivity contribution in [2.45, 2.75) is 13.8 Å². The fourth-order valence-electron chi connectivity index (χ4n) is 0.538. The lowest BCUT2D eigenvalue weighted by molar-refractivity contribution is -0.141. The highest BCUT2D eigenvalue weighted by atomic mass is 32.1. The summed E-state index contributed by atoms with van der Waals surface area (Å²) in [7, 11) is 0. The first kappa shape index (κ1) is 11.2. The van der Waals surface area contributed by atoms with E-state index in [-0.39, 0.29) is 17.7 Å². The summed E-state index contributed by atoms with van der Waals surface area (Å²) >= 11 is 4.71. The molecule has 0 atom stereocenters. The summed E-state index contributed by atoms with van der Waals surface area (Å²) in [5.74, 6) is -0.334. The van der Waals surface area contributed by atoms with Crippen molar-refractivity contribution in [2.24, 2.45) is 0 Å². The van der Waals surface area contributed by atoms with Crippen LogP contribution in [0.2, 0.25) is 0 Å². The summed E-state index contributed by atoms with van der Waals surface area (Å²) in [6, 6.07) is 0. The van der Waals surface area contributed by atoms with Gasteiger partial charge in [-0.25, -0.2) is 0 Å². The molecule has 12 heavy (non-hydrogen) atoms. The number of nitrogens with one attached hydrogen (secondary N) is 1. The number of carbonyl (C=O) groups excluding carboxylic acids is 1. The van der Waals surface area contributed by atoms with Crippen LogP contribution < -0.4 is 5.32 Å². The highest BCUT2D eigenvalue weighted by molar-refractivity contribution is 7.80. The molecule has 5 heteroatoms. The summed E-state index contributed by atoms with van der Waals surface area (Å²) in [6.45, 7) is 4.50. The quantitative estimate of drug-likeness (QED) is 0.517. The number of carbonyl (C=O) groups is 1. The Morgan fingerprint density at radius 1 is 1.33 bits per heavy atom. The van der Waals surface area contributed by atoms with Gasteiger partial charge in [-0.15, -0.1) is 0 Å². The van der Waals surface area contributed by atoms with Crippen LogP contribution in [-0.2, 0) is 14.3 Å². The van der Waals surface area contributed by atoms with Crippen molar-refractivity contribution in [1.29, 1.82) is 0 Å². The Morgan fingerprint density at radius 3 is 2.42 bits per heavy atom. The van der Waals surface area contributed by atoms with Gasteiger partial charge in [0.15, 0.2) is 0 Å². The van der Waals surface area contributed by atoms with Gasteiger partial charge in [0.1, 0.15) is 6.54 Å². The summed E-state index contributed by atoms with van der Waals surface area (Å²) in [6.07, 6.45) is 0. The zero-order valence-electron chi connectivity index (χ0n) is 7.25. The molecular weight excluding hydrogens is 178 g/mol. The second kappa shape index (κ2) is 6.84. The molecule has 0 aromatic carbocycles. The first-order valence-electron chi connectivity index (χ1n) is 3.77. The Hall–Kier alpha value is -0.840. The average Bonchev–Trinajstić information content (AvgIpc) is 2.02. The third kappa shape index (κ3) is 5.91. The van der Waals surface area contributed by atoms with Crippen molar-refractivity contribution in [3.8, 4) is 0 Å². The van der Waals surface area contributed by atoms with E-state index in [1.807, 2.05) is 6.92 Å². The molecule has 0 rings (SSSR count).